The van der Waals surface area contributed by atoms with Crippen LogP contribution in [0.5, 0.6) is 5.75 Å². The monoisotopic (exact) mass is 328 g/mol. The summed E-state index contributed by atoms with van der Waals surface area (Å²) in [4.78, 5) is 1.87. The van der Waals surface area contributed by atoms with E-state index >= 15 is 0 Å². The molecule has 1 aliphatic rings. The molecule has 1 fully saturated rings. The lowest BCUT2D eigenvalue weighted by atomic mass is 10.0. The predicted molar refractivity (Wildman–Crippen MR) is 80.5 cm³/mol. The molecule has 1 saturated heterocycles. The quantitative estimate of drug-likeness (QED) is 0.895. The second-order valence-electron chi connectivity index (χ2n) is 4.58. The minimum Gasteiger partial charge on any atom is -0.507 e. The van der Waals surface area contributed by atoms with Gasteiger partial charge in [0.05, 0.1) is 6.04 Å². The third-order valence-electron chi connectivity index (χ3n) is 3.44. The Morgan fingerprint density at radius 1 is 1.30 bits per heavy atom. The van der Waals surface area contributed by atoms with Crippen LogP contribution in [0.15, 0.2) is 12.1 Å². The second kappa shape index (κ2) is 8.62. The topological polar surface area (TPSA) is 35.5 Å². The summed E-state index contributed by atoms with van der Waals surface area (Å²) in [6, 6.07) is 2.09. The van der Waals surface area contributed by atoms with Crippen LogP contribution in [-0.2, 0) is 0 Å². The van der Waals surface area contributed by atoms with Crippen molar-refractivity contribution >= 4 is 24.8 Å². The molecule has 0 saturated carbocycles. The lowest BCUT2D eigenvalue weighted by Gasteiger charge is -2.34. The number of halogens is 4. The first-order valence-electron chi connectivity index (χ1n) is 6.14. The number of nitrogens with zero attached hydrogens (tertiary/aromatic N) is 1. The van der Waals surface area contributed by atoms with Gasteiger partial charge in [0, 0.05) is 31.7 Å². The summed E-state index contributed by atoms with van der Waals surface area (Å²) in [6.07, 6.45) is 0. The van der Waals surface area contributed by atoms with Gasteiger partial charge in [-0.05, 0) is 18.6 Å². The number of piperazine rings is 1. The van der Waals surface area contributed by atoms with Gasteiger partial charge in [-0.15, -0.1) is 24.8 Å². The van der Waals surface area contributed by atoms with Crippen molar-refractivity contribution in [2.24, 2.45) is 0 Å². The highest BCUT2D eigenvalue weighted by atomic mass is 35.5. The van der Waals surface area contributed by atoms with Gasteiger partial charge in [0.15, 0.2) is 0 Å². The van der Waals surface area contributed by atoms with Gasteiger partial charge in [-0.25, -0.2) is 8.78 Å². The van der Waals surface area contributed by atoms with Crippen LogP contribution in [0.2, 0.25) is 0 Å². The third-order valence-corrected chi connectivity index (χ3v) is 3.44. The zero-order chi connectivity index (χ0) is 13.1. The Labute approximate surface area is 130 Å². The molecule has 1 atom stereocenters. The number of phenols is 1. The Kier molecular flexibility index (Phi) is 8.35. The molecule has 0 aromatic heterocycles. The highest BCUT2D eigenvalue weighted by Crippen LogP contribution is 2.34. The molecule has 2 rings (SSSR count). The molecule has 0 radical (unpaired) electrons. The third kappa shape index (κ3) is 3.95. The summed E-state index contributed by atoms with van der Waals surface area (Å²) in [5.74, 6) is -0.671. The summed E-state index contributed by atoms with van der Waals surface area (Å²) in [5.41, 5.74) is 0.652. The molecular formula is C13H20Cl2F2N2O. The molecule has 1 heterocycles. The van der Waals surface area contributed by atoms with Crippen LogP contribution in [0, 0.1) is 12.7 Å². The first-order valence-corrected chi connectivity index (χ1v) is 6.14. The number of aromatic hydroxyl groups is 1. The van der Waals surface area contributed by atoms with Gasteiger partial charge in [-0.1, -0.05) is 6.07 Å². The van der Waals surface area contributed by atoms with Crippen molar-refractivity contribution in [1.29, 1.82) is 0 Å². The largest absolute Gasteiger partial charge is 0.507 e. The van der Waals surface area contributed by atoms with Crippen LogP contribution >= 0.6 is 24.8 Å². The SMILES string of the molecule is Cc1ccc(F)c([C@@H](CF)N2CCNCC2)c1O.Cl.Cl. The van der Waals surface area contributed by atoms with Crippen molar-refractivity contribution in [3.05, 3.63) is 29.1 Å². The zero-order valence-electron chi connectivity index (χ0n) is 11.2. The van der Waals surface area contributed by atoms with E-state index in [2.05, 4.69) is 5.32 Å². The van der Waals surface area contributed by atoms with Gasteiger partial charge in [-0.2, -0.15) is 0 Å². The molecule has 0 bridgehead atoms. The smallest absolute Gasteiger partial charge is 0.131 e. The highest BCUT2D eigenvalue weighted by molar-refractivity contribution is 5.85. The van der Waals surface area contributed by atoms with Gasteiger partial charge in [-0.3, -0.25) is 4.90 Å². The van der Waals surface area contributed by atoms with E-state index in [1.807, 2.05) is 4.90 Å². The maximum absolute atomic E-state index is 13.9. The van der Waals surface area contributed by atoms with Gasteiger partial charge >= 0.3 is 0 Å². The van der Waals surface area contributed by atoms with E-state index in [0.717, 1.165) is 13.1 Å². The van der Waals surface area contributed by atoms with Crippen molar-refractivity contribution in [2.75, 3.05) is 32.9 Å². The van der Waals surface area contributed by atoms with E-state index in [4.69, 9.17) is 0 Å². The molecule has 3 nitrogen and oxygen atoms in total. The summed E-state index contributed by atoms with van der Waals surface area (Å²) < 4.78 is 27.1. The van der Waals surface area contributed by atoms with Gasteiger partial charge in [0.25, 0.3) is 0 Å². The normalized spacial score (nSPS) is 16.9. The summed E-state index contributed by atoms with van der Waals surface area (Å²) in [5, 5.41) is 13.1. The molecule has 2 N–H and O–H groups in total. The molecule has 116 valence electrons. The van der Waals surface area contributed by atoms with E-state index in [0.29, 0.717) is 18.7 Å². The molecular weight excluding hydrogens is 309 g/mol. The fourth-order valence-corrected chi connectivity index (χ4v) is 2.36. The second-order valence-corrected chi connectivity index (χ2v) is 4.58. The van der Waals surface area contributed by atoms with Crippen molar-refractivity contribution in [3.63, 3.8) is 0 Å². The zero-order valence-corrected chi connectivity index (χ0v) is 12.9. The lowest BCUT2D eigenvalue weighted by molar-refractivity contribution is 0.142. The van der Waals surface area contributed by atoms with E-state index in [1.54, 1.807) is 6.92 Å². The Morgan fingerprint density at radius 3 is 2.45 bits per heavy atom. The molecule has 0 unspecified atom stereocenters. The van der Waals surface area contributed by atoms with Crippen LogP contribution < -0.4 is 5.32 Å². The maximum atomic E-state index is 13.9. The Balaban J connectivity index is 0.00000180. The van der Waals surface area contributed by atoms with Crippen LogP contribution in [0.3, 0.4) is 0 Å². The number of hydrogen-bond donors (Lipinski definition) is 2. The fraction of sp³-hybridized carbons (Fsp3) is 0.538. The standard InChI is InChI=1S/C13H18F2N2O.2ClH/c1-9-2-3-10(15)12(13(9)18)11(8-14)17-6-4-16-5-7-17;;/h2-3,11,16,18H,4-8H2,1H3;2*1H/t11-;;/m1../s1. The lowest BCUT2D eigenvalue weighted by Crippen LogP contribution is -2.45. The number of hydrogen-bond acceptors (Lipinski definition) is 3. The van der Waals surface area contributed by atoms with Gasteiger partial charge < -0.3 is 10.4 Å². The molecule has 1 aliphatic heterocycles. The minimum atomic E-state index is -0.702. The summed E-state index contributed by atoms with van der Waals surface area (Å²) in [7, 11) is 0. The molecule has 0 aliphatic carbocycles. The van der Waals surface area contributed by atoms with Crippen molar-refractivity contribution in [3.8, 4) is 5.75 Å². The molecule has 7 heteroatoms. The first-order chi connectivity index (χ1) is 8.65. The number of alkyl halides is 1. The Bertz CT molecular complexity index is 429. The number of benzene rings is 1. The maximum Gasteiger partial charge on any atom is 0.131 e. The van der Waals surface area contributed by atoms with Crippen LogP contribution in [0.4, 0.5) is 8.78 Å². The predicted octanol–water partition coefficient (Wildman–Crippen LogP) is 2.60. The van der Waals surface area contributed by atoms with E-state index in [-0.39, 0.29) is 36.1 Å². The number of rotatable bonds is 3. The molecule has 0 amide bonds. The average molecular weight is 329 g/mol. The first kappa shape index (κ1) is 19.4. The van der Waals surface area contributed by atoms with Crippen molar-refractivity contribution in [2.45, 2.75) is 13.0 Å². The van der Waals surface area contributed by atoms with Gasteiger partial charge in [0.2, 0.25) is 0 Å². The van der Waals surface area contributed by atoms with Crippen LogP contribution in [-0.4, -0.2) is 42.9 Å². The van der Waals surface area contributed by atoms with Gasteiger partial charge in [0.1, 0.15) is 18.2 Å². The van der Waals surface area contributed by atoms with E-state index in [1.165, 1.54) is 12.1 Å². The Morgan fingerprint density at radius 2 is 1.90 bits per heavy atom. The number of aryl methyl sites for hydroxylation is 1. The van der Waals surface area contributed by atoms with Crippen molar-refractivity contribution in [1.82, 2.24) is 10.2 Å². The highest BCUT2D eigenvalue weighted by Gasteiger charge is 2.27. The van der Waals surface area contributed by atoms with E-state index < -0.39 is 18.5 Å². The summed E-state index contributed by atoms with van der Waals surface area (Å²) in [6.45, 7) is 3.80. The minimum absolute atomic E-state index is 0. The number of phenolic OH excluding ortho intramolecular Hbond substituents is 1. The molecule has 1 aromatic rings. The van der Waals surface area contributed by atoms with Crippen LogP contribution in [0.25, 0.3) is 0 Å². The fourth-order valence-electron chi connectivity index (χ4n) is 2.36. The molecule has 20 heavy (non-hydrogen) atoms. The van der Waals surface area contributed by atoms with Crippen LogP contribution in [0.1, 0.15) is 17.2 Å². The average Bonchev–Trinajstić information content (AvgIpc) is 2.40. The summed E-state index contributed by atoms with van der Waals surface area (Å²) >= 11 is 0. The van der Waals surface area contributed by atoms with Crippen molar-refractivity contribution < 1.29 is 13.9 Å². The van der Waals surface area contributed by atoms with E-state index in [9.17, 15) is 13.9 Å². The number of nitrogens with one attached hydrogen (secondary N) is 1. The Hall–Kier alpha value is -0.620. The molecule has 1 aromatic carbocycles. The molecule has 0 spiro atoms.